The first kappa shape index (κ1) is 22.4. The highest BCUT2D eigenvalue weighted by Gasteiger charge is 2.28. The third-order valence-corrected chi connectivity index (χ3v) is 6.38. The summed E-state index contributed by atoms with van der Waals surface area (Å²) in [5.74, 6) is -0.0230. The van der Waals surface area contributed by atoms with E-state index in [4.69, 9.17) is 23.2 Å². The number of anilines is 1. The van der Waals surface area contributed by atoms with Crippen LogP contribution in [-0.4, -0.2) is 30.8 Å². The van der Waals surface area contributed by atoms with Crippen LogP contribution in [0.15, 0.2) is 72.8 Å². The number of rotatable bonds is 7. The lowest BCUT2D eigenvalue weighted by Crippen LogP contribution is -2.43. The molecule has 164 valence electrons. The van der Waals surface area contributed by atoms with Crippen LogP contribution in [0.1, 0.15) is 34.3 Å². The summed E-state index contributed by atoms with van der Waals surface area (Å²) in [6.45, 7) is 2.38. The van der Waals surface area contributed by atoms with Gasteiger partial charge in [-0.2, -0.15) is 0 Å². The normalized spacial score (nSPS) is 14.7. The van der Waals surface area contributed by atoms with Crippen molar-refractivity contribution in [2.24, 2.45) is 0 Å². The van der Waals surface area contributed by atoms with Crippen LogP contribution < -0.4 is 10.2 Å². The van der Waals surface area contributed by atoms with E-state index >= 15 is 0 Å². The number of nitrogens with one attached hydrogen (secondary N) is 1. The van der Waals surface area contributed by atoms with E-state index in [0.29, 0.717) is 15.6 Å². The van der Waals surface area contributed by atoms with Crippen LogP contribution in [0, 0.1) is 0 Å². The van der Waals surface area contributed by atoms with Crippen LogP contribution in [0.25, 0.3) is 0 Å². The topological polar surface area (TPSA) is 49.4 Å². The number of Topliss-reactive ketones (excluding diaryl/α,β-unsaturated/α-hetero) is 1. The summed E-state index contributed by atoms with van der Waals surface area (Å²) in [5.41, 5.74) is 3.72. The average molecular weight is 467 g/mol. The number of hydrogen-bond acceptors (Lipinski definition) is 3. The third-order valence-electron chi connectivity index (χ3n) is 5.87. The number of nitrogens with zero attached hydrogens (tertiary/aromatic N) is 1. The molecule has 0 spiro atoms. The molecule has 0 aliphatic carbocycles. The van der Waals surface area contributed by atoms with Crippen molar-refractivity contribution in [1.29, 1.82) is 0 Å². The van der Waals surface area contributed by atoms with Crippen LogP contribution in [0.5, 0.6) is 0 Å². The lowest BCUT2D eigenvalue weighted by molar-refractivity contribution is -0.120. The summed E-state index contributed by atoms with van der Waals surface area (Å²) in [7, 11) is 0. The monoisotopic (exact) mass is 466 g/mol. The van der Waals surface area contributed by atoms with E-state index in [-0.39, 0.29) is 36.7 Å². The molecular weight excluding hydrogens is 443 g/mol. The molecule has 6 heteroatoms. The maximum Gasteiger partial charge on any atom is 0.239 e. The molecule has 1 heterocycles. The molecule has 4 nitrogen and oxygen atoms in total. The van der Waals surface area contributed by atoms with Crippen LogP contribution in [-0.2, 0) is 11.2 Å². The van der Waals surface area contributed by atoms with Crippen molar-refractivity contribution in [1.82, 2.24) is 5.32 Å². The summed E-state index contributed by atoms with van der Waals surface area (Å²) in [6.07, 6.45) is 0.741. The van der Waals surface area contributed by atoms with E-state index in [1.807, 2.05) is 78.6 Å². The molecule has 1 aliphatic heterocycles. The van der Waals surface area contributed by atoms with Gasteiger partial charge in [-0.15, -0.1) is 0 Å². The highest BCUT2D eigenvalue weighted by atomic mass is 35.5. The molecule has 1 N–H and O–H groups in total. The second-order valence-electron chi connectivity index (χ2n) is 8.14. The molecule has 0 aromatic heterocycles. The van der Waals surface area contributed by atoms with Gasteiger partial charge in [-0.25, -0.2) is 0 Å². The molecule has 1 amide bonds. The van der Waals surface area contributed by atoms with Gasteiger partial charge in [-0.3, -0.25) is 9.59 Å². The molecule has 0 saturated carbocycles. The number of carbonyl (C=O) groups excluding carboxylic acids is 2. The van der Waals surface area contributed by atoms with Crippen molar-refractivity contribution >= 4 is 40.6 Å². The van der Waals surface area contributed by atoms with Gasteiger partial charge in [0.2, 0.25) is 5.91 Å². The maximum atomic E-state index is 12.9. The molecule has 1 aliphatic rings. The summed E-state index contributed by atoms with van der Waals surface area (Å²) in [6, 6.07) is 22.8. The first-order valence-electron chi connectivity index (χ1n) is 10.6. The fraction of sp³-hybridized carbons (Fsp3) is 0.231. The predicted octanol–water partition coefficient (Wildman–Crippen LogP) is 5.53. The highest BCUT2D eigenvalue weighted by molar-refractivity contribution is 6.30. The van der Waals surface area contributed by atoms with E-state index in [1.54, 1.807) is 6.07 Å². The summed E-state index contributed by atoms with van der Waals surface area (Å²) in [5, 5.41) is 4.51. The second kappa shape index (κ2) is 9.76. The van der Waals surface area contributed by atoms with Crippen molar-refractivity contribution in [3.05, 3.63) is 99.5 Å². The number of halogens is 2. The fourth-order valence-electron chi connectivity index (χ4n) is 4.21. The SMILES string of the molecule is CC(NC(=O)CN1CC(=O)c2ccccc21)C(Cc1ccc(Cl)cc1)c1ccc(Cl)cc1. The molecule has 32 heavy (non-hydrogen) atoms. The van der Waals surface area contributed by atoms with Gasteiger partial charge in [0.15, 0.2) is 5.78 Å². The van der Waals surface area contributed by atoms with E-state index in [1.165, 1.54) is 0 Å². The van der Waals surface area contributed by atoms with Gasteiger partial charge >= 0.3 is 0 Å². The quantitative estimate of drug-likeness (QED) is 0.497. The maximum absolute atomic E-state index is 12.9. The Morgan fingerprint density at radius 3 is 2.28 bits per heavy atom. The van der Waals surface area contributed by atoms with Crippen molar-refractivity contribution in [2.75, 3.05) is 18.0 Å². The zero-order valence-corrected chi connectivity index (χ0v) is 19.2. The third kappa shape index (κ3) is 5.14. The molecule has 0 saturated heterocycles. The van der Waals surface area contributed by atoms with Crippen LogP contribution in [0.4, 0.5) is 5.69 Å². The van der Waals surface area contributed by atoms with E-state index < -0.39 is 0 Å². The summed E-state index contributed by atoms with van der Waals surface area (Å²) < 4.78 is 0. The Kier molecular flexibility index (Phi) is 6.83. The van der Waals surface area contributed by atoms with E-state index in [0.717, 1.165) is 23.2 Å². The number of para-hydroxylation sites is 1. The standard InChI is InChI=1S/C26H24Cl2N2O2/c1-17(29-26(32)16-30-15-25(31)22-4-2-3-5-24(22)30)23(19-8-12-21(28)13-9-19)14-18-6-10-20(27)11-7-18/h2-13,17,23H,14-16H2,1H3,(H,29,32). The number of amides is 1. The van der Waals surface area contributed by atoms with Crippen molar-refractivity contribution in [3.63, 3.8) is 0 Å². The second-order valence-corrected chi connectivity index (χ2v) is 9.01. The number of ketones is 1. The lowest BCUT2D eigenvalue weighted by Gasteiger charge is -2.27. The number of benzene rings is 3. The number of carbonyl (C=O) groups is 2. The van der Waals surface area contributed by atoms with Crippen molar-refractivity contribution in [3.8, 4) is 0 Å². The first-order chi connectivity index (χ1) is 15.4. The summed E-state index contributed by atoms with van der Waals surface area (Å²) >= 11 is 12.1. The van der Waals surface area contributed by atoms with Gasteiger partial charge in [-0.05, 0) is 60.9 Å². The number of hydrogen-bond donors (Lipinski definition) is 1. The molecule has 2 unspecified atom stereocenters. The average Bonchev–Trinajstić information content (AvgIpc) is 3.09. The molecule has 0 bridgehead atoms. The smallest absolute Gasteiger partial charge is 0.239 e. The largest absolute Gasteiger partial charge is 0.354 e. The van der Waals surface area contributed by atoms with Crippen molar-refractivity contribution in [2.45, 2.75) is 25.3 Å². The van der Waals surface area contributed by atoms with Gasteiger partial charge in [0, 0.05) is 33.3 Å². The Labute approximate surface area is 198 Å². The minimum Gasteiger partial charge on any atom is -0.354 e. The highest BCUT2D eigenvalue weighted by Crippen LogP contribution is 2.28. The minimum atomic E-state index is -0.132. The fourth-order valence-corrected chi connectivity index (χ4v) is 4.46. The Morgan fingerprint density at radius 1 is 0.969 bits per heavy atom. The van der Waals surface area contributed by atoms with Crippen LogP contribution in [0.2, 0.25) is 10.0 Å². The minimum absolute atomic E-state index is 0.0447. The lowest BCUT2D eigenvalue weighted by atomic mass is 9.86. The van der Waals surface area contributed by atoms with Gasteiger partial charge in [0.25, 0.3) is 0 Å². The predicted molar refractivity (Wildman–Crippen MR) is 130 cm³/mol. The molecule has 0 fully saturated rings. The van der Waals surface area contributed by atoms with Gasteiger partial charge in [-0.1, -0.05) is 59.6 Å². The van der Waals surface area contributed by atoms with E-state index in [2.05, 4.69) is 5.32 Å². The zero-order chi connectivity index (χ0) is 22.7. The molecule has 0 radical (unpaired) electrons. The Bertz CT molecular complexity index is 1110. The van der Waals surface area contributed by atoms with Gasteiger partial charge in [0.05, 0.1) is 13.1 Å². The molecular formula is C26H24Cl2N2O2. The first-order valence-corrected chi connectivity index (χ1v) is 11.3. The van der Waals surface area contributed by atoms with Crippen molar-refractivity contribution < 1.29 is 9.59 Å². The zero-order valence-electron chi connectivity index (χ0n) is 17.7. The summed E-state index contributed by atoms with van der Waals surface area (Å²) in [4.78, 5) is 27.0. The van der Waals surface area contributed by atoms with Gasteiger partial charge < -0.3 is 10.2 Å². The van der Waals surface area contributed by atoms with Gasteiger partial charge in [0.1, 0.15) is 0 Å². The molecule has 4 rings (SSSR count). The molecule has 3 aromatic rings. The van der Waals surface area contributed by atoms with Crippen LogP contribution >= 0.6 is 23.2 Å². The van der Waals surface area contributed by atoms with Crippen LogP contribution in [0.3, 0.4) is 0 Å². The van der Waals surface area contributed by atoms with E-state index in [9.17, 15) is 9.59 Å². The Balaban J connectivity index is 1.48. The molecule has 3 aromatic carbocycles. The molecule has 2 atom stereocenters. The Morgan fingerprint density at radius 2 is 1.59 bits per heavy atom. The Hall–Kier alpha value is -2.82. The number of fused-ring (bicyclic) bond motifs is 1.